The maximum atomic E-state index is 6.39. The zero-order valence-electron chi connectivity index (χ0n) is 16.0. The number of fused-ring (bicyclic) bond motifs is 3. The van der Waals surface area contributed by atoms with Crippen molar-refractivity contribution in [1.82, 2.24) is 14.9 Å². The minimum Gasteiger partial charge on any atom is -0.383 e. The quantitative estimate of drug-likeness (QED) is 0.456. The van der Waals surface area contributed by atoms with Crippen molar-refractivity contribution < 1.29 is 0 Å². The van der Waals surface area contributed by atoms with Crippen molar-refractivity contribution >= 4 is 39.1 Å². The van der Waals surface area contributed by atoms with Gasteiger partial charge in [0.2, 0.25) is 0 Å². The van der Waals surface area contributed by atoms with Crippen LogP contribution < -0.4 is 5.73 Å². The molecule has 0 spiro atoms. The van der Waals surface area contributed by atoms with Crippen LogP contribution in [0.4, 0.5) is 5.82 Å². The number of nitrogens with zero attached hydrogens (tertiary/aromatic N) is 3. The Bertz CT molecular complexity index is 1130. The molecule has 0 amide bonds. The van der Waals surface area contributed by atoms with Gasteiger partial charge in [0.15, 0.2) is 0 Å². The van der Waals surface area contributed by atoms with Crippen LogP contribution in [-0.2, 0) is 25.3 Å². The smallest absolute Gasteiger partial charge is 0.142 e. The first-order valence-corrected chi connectivity index (χ1v) is 11.6. The van der Waals surface area contributed by atoms with Crippen LogP contribution in [0, 0.1) is 0 Å². The van der Waals surface area contributed by atoms with Gasteiger partial charge >= 0.3 is 0 Å². The molecule has 0 saturated carbocycles. The second-order valence-electron chi connectivity index (χ2n) is 7.26. The summed E-state index contributed by atoms with van der Waals surface area (Å²) in [5.41, 5.74) is 9.10. The van der Waals surface area contributed by atoms with Crippen LogP contribution in [0.2, 0.25) is 0 Å². The third-order valence-electron chi connectivity index (χ3n) is 5.21. The van der Waals surface area contributed by atoms with Gasteiger partial charge in [-0.25, -0.2) is 9.97 Å². The molecular weight excluding hydrogens is 396 g/mol. The predicted octanol–water partition coefficient (Wildman–Crippen LogP) is 5.12. The van der Waals surface area contributed by atoms with Crippen LogP contribution in [-0.4, -0.2) is 21.4 Å². The van der Waals surface area contributed by atoms with Crippen LogP contribution in [0.5, 0.6) is 0 Å². The first-order chi connectivity index (χ1) is 14.3. The summed E-state index contributed by atoms with van der Waals surface area (Å²) in [5, 5.41) is 1.08. The number of benzene rings is 2. The monoisotopic (exact) mass is 418 g/mol. The minimum atomic E-state index is 0.632. The Balaban J connectivity index is 1.37. The van der Waals surface area contributed by atoms with Gasteiger partial charge in [0.05, 0.1) is 11.1 Å². The summed E-state index contributed by atoms with van der Waals surface area (Å²) in [5.74, 6) is 2.17. The summed E-state index contributed by atoms with van der Waals surface area (Å²) in [6.07, 6.45) is 1.01. The lowest BCUT2D eigenvalue weighted by Gasteiger charge is -2.26. The second-order valence-corrected chi connectivity index (χ2v) is 9.39. The summed E-state index contributed by atoms with van der Waals surface area (Å²) in [7, 11) is 0. The van der Waals surface area contributed by atoms with Gasteiger partial charge in [0, 0.05) is 29.4 Å². The lowest BCUT2D eigenvalue weighted by atomic mass is 10.0. The van der Waals surface area contributed by atoms with Crippen molar-refractivity contribution in [2.45, 2.75) is 30.2 Å². The van der Waals surface area contributed by atoms with Gasteiger partial charge in [0.25, 0.3) is 0 Å². The number of thiophene rings is 1. The number of aromatic nitrogens is 2. The van der Waals surface area contributed by atoms with Crippen LogP contribution in [0.25, 0.3) is 10.2 Å². The van der Waals surface area contributed by atoms with Crippen molar-refractivity contribution in [3.05, 3.63) is 82.5 Å². The van der Waals surface area contributed by atoms with Gasteiger partial charge in [0.1, 0.15) is 16.5 Å². The van der Waals surface area contributed by atoms with Gasteiger partial charge in [-0.2, -0.15) is 0 Å². The zero-order valence-corrected chi connectivity index (χ0v) is 17.7. The van der Waals surface area contributed by atoms with E-state index >= 15 is 0 Å². The lowest BCUT2D eigenvalue weighted by molar-refractivity contribution is 0.249. The molecule has 3 heterocycles. The topological polar surface area (TPSA) is 55.0 Å². The molecule has 4 nitrogen and oxygen atoms in total. The molecule has 2 aromatic heterocycles. The van der Waals surface area contributed by atoms with E-state index in [1.165, 1.54) is 20.9 Å². The van der Waals surface area contributed by atoms with E-state index in [1.807, 2.05) is 6.07 Å². The Morgan fingerprint density at radius 2 is 1.76 bits per heavy atom. The minimum absolute atomic E-state index is 0.632. The van der Waals surface area contributed by atoms with E-state index in [0.29, 0.717) is 5.82 Å². The number of rotatable bonds is 5. The van der Waals surface area contributed by atoms with Crippen molar-refractivity contribution in [3.63, 3.8) is 0 Å². The highest BCUT2D eigenvalue weighted by atomic mass is 32.2. The summed E-state index contributed by atoms with van der Waals surface area (Å²) in [6, 6.07) is 21.0. The normalized spacial score (nSPS) is 14.2. The van der Waals surface area contributed by atoms with Gasteiger partial charge in [-0.05, 0) is 29.7 Å². The van der Waals surface area contributed by atoms with E-state index in [0.717, 1.165) is 47.8 Å². The Morgan fingerprint density at radius 1 is 1.00 bits per heavy atom. The Labute approximate surface area is 178 Å². The summed E-state index contributed by atoms with van der Waals surface area (Å²) < 4.78 is 0. The molecule has 4 aromatic rings. The third kappa shape index (κ3) is 4.01. The fourth-order valence-corrected chi connectivity index (χ4v) is 5.89. The molecule has 2 N–H and O–H groups in total. The number of thioether (sulfide) groups is 1. The molecule has 0 radical (unpaired) electrons. The number of hydrogen-bond acceptors (Lipinski definition) is 6. The van der Waals surface area contributed by atoms with Gasteiger partial charge in [-0.1, -0.05) is 48.5 Å². The van der Waals surface area contributed by atoms with Gasteiger partial charge < -0.3 is 5.73 Å². The van der Waals surface area contributed by atoms with Crippen molar-refractivity contribution in [2.75, 3.05) is 12.3 Å². The molecule has 0 bridgehead atoms. The van der Waals surface area contributed by atoms with E-state index in [4.69, 9.17) is 10.7 Å². The Kier molecular flexibility index (Phi) is 5.23. The molecule has 0 atom stereocenters. The molecule has 146 valence electrons. The molecule has 0 unspecified atom stereocenters. The first kappa shape index (κ1) is 18.6. The first-order valence-electron chi connectivity index (χ1n) is 9.77. The van der Waals surface area contributed by atoms with E-state index in [1.54, 1.807) is 23.1 Å². The van der Waals surface area contributed by atoms with E-state index in [-0.39, 0.29) is 0 Å². The lowest BCUT2D eigenvalue weighted by Crippen LogP contribution is -2.29. The van der Waals surface area contributed by atoms with E-state index < -0.39 is 0 Å². The maximum absolute atomic E-state index is 6.39. The van der Waals surface area contributed by atoms with Crippen LogP contribution >= 0.6 is 23.1 Å². The fraction of sp³-hybridized carbons (Fsp3) is 0.217. The molecule has 1 aliphatic heterocycles. The standard InChI is InChI=1S/C23H22N4S2/c24-22-21-18-11-12-27(13-16-7-3-1-4-8-16)14-19(18)29-23(21)26-20(25-22)15-28-17-9-5-2-6-10-17/h1-10H,11-15H2,(H2,24,25,26). The van der Waals surface area contributed by atoms with Crippen molar-refractivity contribution in [2.24, 2.45) is 0 Å². The fourth-order valence-electron chi connectivity index (χ4n) is 3.83. The molecule has 29 heavy (non-hydrogen) atoms. The van der Waals surface area contributed by atoms with Crippen molar-refractivity contribution in [1.29, 1.82) is 0 Å². The van der Waals surface area contributed by atoms with Gasteiger partial charge in [-0.15, -0.1) is 23.1 Å². The highest BCUT2D eigenvalue weighted by Crippen LogP contribution is 2.37. The molecule has 0 fully saturated rings. The SMILES string of the molecule is Nc1nc(CSc2ccccc2)nc2sc3c(c12)CCN(Cc1ccccc1)C3. The molecule has 0 saturated heterocycles. The van der Waals surface area contributed by atoms with Crippen LogP contribution in [0.1, 0.15) is 21.8 Å². The molecule has 2 aromatic carbocycles. The highest BCUT2D eigenvalue weighted by molar-refractivity contribution is 7.98. The van der Waals surface area contributed by atoms with Gasteiger partial charge in [-0.3, -0.25) is 4.90 Å². The summed E-state index contributed by atoms with van der Waals surface area (Å²) in [6.45, 7) is 2.98. The molecule has 0 aliphatic carbocycles. The predicted molar refractivity (Wildman–Crippen MR) is 122 cm³/mol. The van der Waals surface area contributed by atoms with E-state index in [9.17, 15) is 0 Å². The zero-order chi connectivity index (χ0) is 19.6. The van der Waals surface area contributed by atoms with E-state index in [2.05, 4.69) is 64.5 Å². The molecule has 6 heteroatoms. The number of nitrogen functional groups attached to an aromatic ring is 1. The third-order valence-corrected chi connectivity index (χ3v) is 7.33. The molecular formula is C23H22N4S2. The number of nitrogens with two attached hydrogens (primary N) is 1. The average Bonchev–Trinajstić information content (AvgIpc) is 3.12. The number of anilines is 1. The maximum Gasteiger partial charge on any atom is 0.142 e. The highest BCUT2D eigenvalue weighted by Gasteiger charge is 2.24. The van der Waals surface area contributed by atoms with Crippen molar-refractivity contribution in [3.8, 4) is 0 Å². The summed E-state index contributed by atoms with van der Waals surface area (Å²) in [4.78, 5) is 15.6. The largest absolute Gasteiger partial charge is 0.383 e. The Morgan fingerprint density at radius 3 is 2.55 bits per heavy atom. The average molecular weight is 419 g/mol. The Hall–Kier alpha value is -2.41. The van der Waals surface area contributed by atoms with Crippen LogP contribution in [0.15, 0.2) is 65.6 Å². The molecule has 1 aliphatic rings. The molecule has 5 rings (SSSR count). The number of hydrogen-bond donors (Lipinski definition) is 1. The second kappa shape index (κ2) is 8.14. The summed E-state index contributed by atoms with van der Waals surface area (Å²) >= 11 is 3.53. The van der Waals surface area contributed by atoms with Crippen LogP contribution in [0.3, 0.4) is 0 Å².